The molecule has 0 spiro atoms. The lowest BCUT2D eigenvalue weighted by atomic mass is 9.96. The molecule has 0 bridgehead atoms. The van der Waals surface area contributed by atoms with Gasteiger partial charge in [-0.3, -0.25) is 0 Å². The molecule has 1 aliphatic heterocycles. The maximum absolute atomic E-state index is 10.2. The zero-order chi connectivity index (χ0) is 12.1. The van der Waals surface area contributed by atoms with E-state index in [0.717, 1.165) is 18.7 Å². The molecule has 0 saturated carbocycles. The predicted octanol–water partition coefficient (Wildman–Crippen LogP) is 1.96. The molecule has 1 aromatic rings. The maximum Gasteiger partial charge on any atom is 0.0960 e. The van der Waals surface area contributed by atoms with E-state index in [1.807, 2.05) is 30.3 Å². The van der Waals surface area contributed by atoms with Crippen molar-refractivity contribution in [2.24, 2.45) is 5.92 Å². The van der Waals surface area contributed by atoms with Crippen molar-refractivity contribution in [2.75, 3.05) is 19.6 Å². The highest BCUT2D eigenvalue weighted by Crippen LogP contribution is 2.23. The molecule has 2 rings (SSSR count). The number of nitriles is 1. The molecule has 1 heterocycles. The van der Waals surface area contributed by atoms with Gasteiger partial charge in [-0.2, -0.15) is 5.26 Å². The third-order valence-electron chi connectivity index (χ3n) is 3.34. The Bertz CT molecular complexity index is 379. The Morgan fingerprint density at radius 2 is 1.88 bits per heavy atom. The average Bonchev–Trinajstić information content (AvgIpc) is 2.89. The summed E-state index contributed by atoms with van der Waals surface area (Å²) in [5, 5.41) is 19.4. The molecule has 0 aliphatic carbocycles. The summed E-state index contributed by atoms with van der Waals surface area (Å²) in [6.45, 7) is 2.78. The molecule has 3 heteroatoms. The Morgan fingerprint density at radius 3 is 2.47 bits per heavy atom. The molecular weight excluding hydrogens is 212 g/mol. The van der Waals surface area contributed by atoms with Crippen molar-refractivity contribution in [2.45, 2.75) is 18.9 Å². The van der Waals surface area contributed by atoms with E-state index in [1.54, 1.807) is 0 Å². The lowest BCUT2D eigenvalue weighted by Crippen LogP contribution is -2.29. The molecule has 17 heavy (non-hydrogen) atoms. The highest BCUT2D eigenvalue weighted by molar-refractivity contribution is 5.19. The van der Waals surface area contributed by atoms with Crippen LogP contribution < -0.4 is 0 Å². The summed E-state index contributed by atoms with van der Waals surface area (Å²) in [5.41, 5.74) is 0.832. The number of rotatable bonds is 4. The highest BCUT2D eigenvalue weighted by Gasteiger charge is 2.24. The molecule has 1 fully saturated rings. The summed E-state index contributed by atoms with van der Waals surface area (Å²) in [7, 11) is 0. The molecule has 0 radical (unpaired) electrons. The standard InChI is InChI=1S/C14H18N2O/c15-10-13(11-16-8-4-5-9-16)14(17)12-6-2-1-3-7-12/h1-3,6-7,13-14,17H,4-5,8-9,11H2/t13-,14-/m0/s1. The SMILES string of the molecule is N#C[C@@H](CN1CCCC1)[C@@H](O)c1ccccc1. The van der Waals surface area contributed by atoms with E-state index in [-0.39, 0.29) is 5.92 Å². The van der Waals surface area contributed by atoms with Crippen molar-refractivity contribution in [3.05, 3.63) is 35.9 Å². The van der Waals surface area contributed by atoms with Crippen molar-refractivity contribution >= 4 is 0 Å². The van der Waals surface area contributed by atoms with Crippen molar-refractivity contribution in [3.63, 3.8) is 0 Å². The summed E-state index contributed by atoms with van der Waals surface area (Å²) in [6, 6.07) is 11.7. The van der Waals surface area contributed by atoms with Crippen molar-refractivity contribution in [1.82, 2.24) is 4.90 Å². The van der Waals surface area contributed by atoms with Crippen LogP contribution in [0.15, 0.2) is 30.3 Å². The van der Waals surface area contributed by atoms with E-state index in [0.29, 0.717) is 6.54 Å². The van der Waals surface area contributed by atoms with Crippen LogP contribution in [0, 0.1) is 17.2 Å². The number of hydrogen-bond donors (Lipinski definition) is 1. The number of hydrogen-bond acceptors (Lipinski definition) is 3. The normalized spacial score (nSPS) is 19.8. The van der Waals surface area contributed by atoms with Crippen LogP contribution in [0.25, 0.3) is 0 Å². The van der Waals surface area contributed by atoms with Gasteiger partial charge in [0.1, 0.15) is 0 Å². The number of aliphatic hydroxyl groups is 1. The Labute approximate surface area is 102 Å². The largest absolute Gasteiger partial charge is 0.387 e. The molecule has 0 amide bonds. The first-order valence-corrected chi connectivity index (χ1v) is 6.16. The molecular formula is C14H18N2O. The molecule has 1 aromatic carbocycles. The smallest absolute Gasteiger partial charge is 0.0960 e. The molecule has 1 saturated heterocycles. The second-order valence-electron chi connectivity index (χ2n) is 4.60. The van der Waals surface area contributed by atoms with E-state index >= 15 is 0 Å². The molecule has 0 aromatic heterocycles. The van der Waals surface area contributed by atoms with Gasteiger partial charge in [-0.25, -0.2) is 0 Å². The summed E-state index contributed by atoms with van der Waals surface area (Å²) < 4.78 is 0. The summed E-state index contributed by atoms with van der Waals surface area (Å²) in [5.74, 6) is -0.338. The molecule has 0 unspecified atom stereocenters. The zero-order valence-electron chi connectivity index (χ0n) is 9.92. The van der Waals surface area contributed by atoms with Gasteiger partial charge in [0.15, 0.2) is 0 Å². The van der Waals surface area contributed by atoms with Crippen LogP contribution in [-0.4, -0.2) is 29.6 Å². The lowest BCUT2D eigenvalue weighted by molar-refractivity contribution is 0.112. The van der Waals surface area contributed by atoms with Gasteiger partial charge in [-0.1, -0.05) is 30.3 Å². The van der Waals surface area contributed by atoms with Crippen molar-refractivity contribution in [3.8, 4) is 6.07 Å². The van der Waals surface area contributed by atoms with Gasteiger partial charge in [-0.15, -0.1) is 0 Å². The van der Waals surface area contributed by atoms with Crippen LogP contribution in [0.3, 0.4) is 0 Å². The van der Waals surface area contributed by atoms with Crippen LogP contribution in [0.1, 0.15) is 24.5 Å². The minimum atomic E-state index is -0.679. The number of aliphatic hydroxyl groups excluding tert-OH is 1. The van der Waals surface area contributed by atoms with E-state index in [1.165, 1.54) is 12.8 Å². The monoisotopic (exact) mass is 230 g/mol. The van der Waals surface area contributed by atoms with Gasteiger partial charge in [0.05, 0.1) is 18.1 Å². The van der Waals surface area contributed by atoms with Gasteiger partial charge in [0.25, 0.3) is 0 Å². The van der Waals surface area contributed by atoms with Gasteiger partial charge < -0.3 is 10.0 Å². The van der Waals surface area contributed by atoms with E-state index < -0.39 is 6.10 Å². The minimum Gasteiger partial charge on any atom is -0.387 e. The Kier molecular flexibility index (Phi) is 4.13. The first-order valence-electron chi connectivity index (χ1n) is 6.16. The fraction of sp³-hybridized carbons (Fsp3) is 0.500. The van der Waals surface area contributed by atoms with Gasteiger partial charge in [-0.05, 0) is 31.5 Å². The lowest BCUT2D eigenvalue weighted by Gasteiger charge is -2.22. The Balaban J connectivity index is 2.00. The summed E-state index contributed by atoms with van der Waals surface area (Å²) >= 11 is 0. The zero-order valence-corrected chi connectivity index (χ0v) is 9.92. The van der Waals surface area contributed by atoms with Gasteiger partial charge >= 0.3 is 0 Å². The minimum absolute atomic E-state index is 0.338. The first-order chi connectivity index (χ1) is 8.31. The number of benzene rings is 1. The molecule has 1 aliphatic rings. The van der Waals surface area contributed by atoms with Crippen LogP contribution in [-0.2, 0) is 0 Å². The first kappa shape index (κ1) is 12.1. The maximum atomic E-state index is 10.2. The summed E-state index contributed by atoms with van der Waals surface area (Å²) in [4.78, 5) is 2.26. The molecule has 3 nitrogen and oxygen atoms in total. The topological polar surface area (TPSA) is 47.3 Å². The fourth-order valence-electron chi connectivity index (χ4n) is 2.34. The third kappa shape index (κ3) is 3.06. The third-order valence-corrected chi connectivity index (χ3v) is 3.34. The van der Waals surface area contributed by atoms with Crippen LogP contribution in [0.4, 0.5) is 0 Å². The van der Waals surface area contributed by atoms with E-state index in [4.69, 9.17) is 0 Å². The molecule has 2 atom stereocenters. The van der Waals surface area contributed by atoms with Crippen LogP contribution in [0.5, 0.6) is 0 Å². The average molecular weight is 230 g/mol. The Morgan fingerprint density at radius 1 is 1.24 bits per heavy atom. The summed E-state index contributed by atoms with van der Waals surface area (Å²) in [6.07, 6.45) is 1.74. The van der Waals surface area contributed by atoms with Crippen molar-refractivity contribution in [1.29, 1.82) is 5.26 Å². The highest BCUT2D eigenvalue weighted by atomic mass is 16.3. The van der Waals surface area contributed by atoms with Crippen LogP contribution in [0.2, 0.25) is 0 Å². The van der Waals surface area contributed by atoms with Crippen molar-refractivity contribution < 1.29 is 5.11 Å². The molecule has 90 valence electrons. The van der Waals surface area contributed by atoms with Crippen LogP contribution >= 0.6 is 0 Å². The quantitative estimate of drug-likeness (QED) is 0.860. The number of likely N-dealkylation sites (tertiary alicyclic amines) is 1. The van der Waals surface area contributed by atoms with Gasteiger partial charge in [0, 0.05) is 6.54 Å². The molecule has 1 N–H and O–H groups in total. The Hall–Kier alpha value is -1.37. The van der Waals surface area contributed by atoms with E-state index in [2.05, 4.69) is 11.0 Å². The predicted molar refractivity (Wildman–Crippen MR) is 66.2 cm³/mol. The number of nitrogens with zero attached hydrogens (tertiary/aromatic N) is 2. The van der Waals surface area contributed by atoms with Gasteiger partial charge in [0.2, 0.25) is 0 Å². The fourth-order valence-corrected chi connectivity index (χ4v) is 2.34. The second kappa shape index (κ2) is 5.81. The second-order valence-corrected chi connectivity index (χ2v) is 4.60. The van der Waals surface area contributed by atoms with E-state index in [9.17, 15) is 10.4 Å².